The molecule has 0 radical (unpaired) electrons. The number of amides is 2. The van der Waals surface area contributed by atoms with Crippen LogP contribution in [0.2, 0.25) is 0 Å². The van der Waals surface area contributed by atoms with Gasteiger partial charge in [-0.05, 0) is 30.7 Å². The molecule has 1 unspecified atom stereocenters. The second kappa shape index (κ2) is 9.67. The molecular formula is C18H19Cl3N2O3S2. The van der Waals surface area contributed by atoms with Crippen molar-refractivity contribution in [3.63, 3.8) is 0 Å². The zero-order chi connectivity index (χ0) is 21.1. The van der Waals surface area contributed by atoms with Gasteiger partial charge in [0.2, 0.25) is 15.9 Å². The number of nitrogens with zero attached hydrogens (tertiary/aromatic N) is 1. The van der Waals surface area contributed by atoms with Crippen LogP contribution in [0.3, 0.4) is 0 Å². The summed E-state index contributed by atoms with van der Waals surface area (Å²) in [5, 5.41) is 2.56. The molecule has 1 N–H and O–H groups in total. The maximum Gasteiger partial charge on any atom is 0.266 e. The van der Waals surface area contributed by atoms with Crippen LogP contribution in [0, 0.1) is 5.92 Å². The number of carbonyl (C=O) groups is 2. The third-order valence-electron chi connectivity index (χ3n) is 3.72. The lowest BCUT2D eigenvalue weighted by Gasteiger charge is -2.27. The number of nitrogens with one attached hydrogen (secondary N) is 1. The molecule has 152 valence electrons. The summed E-state index contributed by atoms with van der Waals surface area (Å²) in [6.45, 7) is 5.86. The van der Waals surface area contributed by atoms with Crippen molar-refractivity contribution in [1.82, 2.24) is 10.2 Å². The summed E-state index contributed by atoms with van der Waals surface area (Å²) in [6.07, 6.45) is 0.602. The number of hydrogen-bond acceptors (Lipinski definition) is 5. The minimum atomic E-state index is -1.85. The monoisotopic (exact) mass is 480 g/mol. The lowest BCUT2D eigenvalue weighted by atomic mass is 10.2. The fourth-order valence-electron chi connectivity index (χ4n) is 2.18. The van der Waals surface area contributed by atoms with Crippen molar-refractivity contribution in [2.24, 2.45) is 5.92 Å². The fraction of sp³-hybridized carbons (Fsp3) is 0.389. The number of alkyl halides is 3. The maximum atomic E-state index is 12.3. The van der Waals surface area contributed by atoms with Gasteiger partial charge >= 0.3 is 0 Å². The Balaban J connectivity index is 2.13. The quantitative estimate of drug-likeness (QED) is 0.275. The number of ether oxygens (including phenoxy) is 1. The van der Waals surface area contributed by atoms with Crippen LogP contribution in [-0.4, -0.2) is 37.6 Å². The van der Waals surface area contributed by atoms with E-state index >= 15 is 0 Å². The number of rotatable bonds is 6. The van der Waals surface area contributed by atoms with Crippen LogP contribution in [0.5, 0.6) is 5.75 Å². The van der Waals surface area contributed by atoms with Crippen LogP contribution in [0.25, 0.3) is 6.08 Å². The highest BCUT2D eigenvalue weighted by Gasteiger charge is 2.36. The molecule has 0 saturated carbocycles. The van der Waals surface area contributed by atoms with Gasteiger partial charge in [0.15, 0.2) is 0 Å². The van der Waals surface area contributed by atoms with Crippen molar-refractivity contribution in [3.8, 4) is 5.75 Å². The minimum Gasteiger partial charge on any atom is -0.466 e. The number of likely N-dealkylation sites (N-methyl/N-ethyl adjacent to an activating group) is 1. The van der Waals surface area contributed by atoms with Gasteiger partial charge in [0, 0.05) is 12.5 Å². The standard InChI is InChI=1S/C18H19Cl3N2O3S2/c1-4-23-15(25)13(28-17(23)27)9-11-5-7-12(8-6-11)26-16(18(19,20)21)22-14(24)10(2)3/h5-10,16H,4H2,1-3H3,(H,22,24)/b13-9-. The van der Waals surface area contributed by atoms with E-state index in [0.717, 1.165) is 5.56 Å². The van der Waals surface area contributed by atoms with Gasteiger partial charge in [0.25, 0.3) is 5.91 Å². The van der Waals surface area contributed by atoms with Crippen LogP contribution in [0.1, 0.15) is 26.3 Å². The van der Waals surface area contributed by atoms with Crippen LogP contribution in [0.15, 0.2) is 29.2 Å². The first-order valence-electron chi connectivity index (χ1n) is 8.42. The number of thiocarbonyl (C=S) groups is 1. The Morgan fingerprint density at radius 3 is 2.39 bits per heavy atom. The lowest BCUT2D eigenvalue weighted by Crippen LogP contribution is -2.49. The normalized spacial score (nSPS) is 17.4. The van der Waals surface area contributed by atoms with Crippen molar-refractivity contribution in [1.29, 1.82) is 0 Å². The van der Waals surface area contributed by atoms with Crippen molar-refractivity contribution in [3.05, 3.63) is 34.7 Å². The molecule has 10 heteroatoms. The molecule has 28 heavy (non-hydrogen) atoms. The molecule has 1 heterocycles. The van der Waals surface area contributed by atoms with E-state index in [2.05, 4.69) is 5.32 Å². The fourth-order valence-corrected chi connectivity index (χ4v) is 3.86. The van der Waals surface area contributed by atoms with E-state index in [-0.39, 0.29) is 17.7 Å². The van der Waals surface area contributed by atoms with Crippen molar-refractivity contribution in [2.45, 2.75) is 30.8 Å². The second-order valence-corrected chi connectivity index (χ2v) is 10.2. The molecule has 1 aromatic carbocycles. The third-order valence-corrected chi connectivity index (χ3v) is 5.69. The molecule has 1 aliphatic heterocycles. The van der Waals surface area contributed by atoms with E-state index in [9.17, 15) is 9.59 Å². The summed E-state index contributed by atoms with van der Waals surface area (Å²) in [6, 6.07) is 6.84. The first-order chi connectivity index (χ1) is 13.0. The van der Waals surface area contributed by atoms with E-state index < -0.39 is 10.0 Å². The second-order valence-electron chi connectivity index (χ2n) is 6.20. The molecule has 0 spiro atoms. The average molecular weight is 482 g/mol. The molecule has 1 aromatic rings. The average Bonchev–Trinajstić information content (AvgIpc) is 2.87. The summed E-state index contributed by atoms with van der Waals surface area (Å²) in [5.41, 5.74) is 0.792. The first-order valence-corrected chi connectivity index (χ1v) is 10.8. The van der Waals surface area contributed by atoms with Gasteiger partial charge < -0.3 is 10.1 Å². The van der Waals surface area contributed by atoms with Gasteiger partial charge in [-0.15, -0.1) is 0 Å². The molecule has 2 amide bonds. The van der Waals surface area contributed by atoms with Crippen LogP contribution >= 0.6 is 58.8 Å². The Bertz CT molecular complexity index is 792. The van der Waals surface area contributed by atoms with Gasteiger partial charge in [0.05, 0.1) is 4.91 Å². The van der Waals surface area contributed by atoms with E-state index in [4.69, 9.17) is 51.8 Å². The van der Waals surface area contributed by atoms with E-state index in [1.54, 1.807) is 49.1 Å². The van der Waals surface area contributed by atoms with Crippen LogP contribution < -0.4 is 10.1 Å². The summed E-state index contributed by atoms with van der Waals surface area (Å²) in [4.78, 5) is 26.3. The largest absolute Gasteiger partial charge is 0.466 e. The number of carbonyl (C=O) groups excluding carboxylic acids is 2. The Morgan fingerprint density at radius 1 is 1.32 bits per heavy atom. The number of hydrogen-bond donors (Lipinski definition) is 1. The third kappa shape index (κ3) is 6.00. The number of halogens is 3. The Kier molecular flexibility index (Phi) is 8.05. The zero-order valence-electron chi connectivity index (χ0n) is 15.4. The van der Waals surface area contributed by atoms with Crippen molar-refractivity contribution >= 4 is 81.0 Å². The molecule has 1 aliphatic rings. The molecular weight excluding hydrogens is 463 g/mol. The Labute approximate surface area is 188 Å². The molecule has 0 bridgehead atoms. The van der Waals surface area contributed by atoms with E-state index in [0.29, 0.717) is 21.5 Å². The molecule has 1 atom stereocenters. The highest BCUT2D eigenvalue weighted by atomic mass is 35.6. The van der Waals surface area contributed by atoms with Gasteiger partial charge in [-0.25, -0.2) is 0 Å². The van der Waals surface area contributed by atoms with Crippen molar-refractivity contribution < 1.29 is 14.3 Å². The highest BCUT2D eigenvalue weighted by molar-refractivity contribution is 8.26. The van der Waals surface area contributed by atoms with Gasteiger partial charge in [-0.3, -0.25) is 14.5 Å². The van der Waals surface area contributed by atoms with Crippen LogP contribution in [-0.2, 0) is 9.59 Å². The SMILES string of the molecule is CCN1C(=O)/C(=C/c2ccc(OC(NC(=O)C(C)C)C(Cl)(Cl)Cl)cc2)SC1=S. The zero-order valence-corrected chi connectivity index (χ0v) is 19.3. The Hall–Kier alpha value is -0.990. The predicted octanol–water partition coefficient (Wildman–Crippen LogP) is 4.76. The number of benzene rings is 1. The van der Waals surface area contributed by atoms with E-state index in [1.165, 1.54) is 11.8 Å². The summed E-state index contributed by atoms with van der Waals surface area (Å²) in [5.74, 6) is -0.294. The smallest absolute Gasteiger partial charge is 0.266 e. The van der Waals surface area contributed by atoms with Gasteiger partial charge in [-0.1, -0.05) is 84.8 Å². The summed E-state index contributed by atoms with van der Waals surface area (Å²) < 4.78 is 4.34. The van der Waals surface area contributed by atoms with Gasteiger partial charge in [-0.2, -0.15) is 0 Å². The maximum absolute atomic E-state index is 12.3. The van der Waals surface area contributed by atoms with Gasteiger partial charge in [0.1, 0.15) is 10.1 Å². The molecule has 2 rings (SSSR count). The minimum absolute atomic E-state index is 0.106. The lowest BCUT2D eigenvalue weighted by molar-refractivity contribution is -0.126. The molecule has 0 aromatic heterocycles. The number of thioether (sulfide) groups is 1. The first kappa shape index (κ1) is 23.3. The molecule has 1 fully saturated rings. The molecule has 0 aliphatic carbocycles. The summed E-state index contributed by atoms with van der Waals surface area (Å²) in [7, 11) is 0. The van der Waals surface area contributed by atoms with Crippen molar-refractivity contribution in [2.75, 3.05) is 6.54 Å². The summed E-state index contributed by atoms with van der Waals surface area (Å²) >= 11 is 24.2. The highest BCUT2D eigenvalue weighted by Crippen LogP contribution is 2.34. The predicted molar refractivity (Wildman–Crippen MR) is 120 cm³/mol. The Morgan fingerprint density at radius 2 is 1.93 bits per heavy atom. The van der Waals surface area contributed by atoms with E-state index in [1.807, 2.05) is 6.92 Å². The topological polar surface area (TPSA) is 58.6 Å². The molecule has 5 nitrogen and oxygen atoms in total. The van der Waals surface area contributed by atoms with Crippen LogP contribution in [0.4, 0.5) is 0 Å². The molecule has 1 saturated heterocycles.